The Bertz CT molecular complexity index is 326. The molecule has 0 bridgehead atoms. The lowest BCUT2D eigenvalue weighted by atomic mass is 10.4. The number of hydrogen-bond acceptors (Lipinski definition) is 6. The zero-order chi connectivity index (χ0) is 13.5. The molecule has 0 aliphatic carbocycles. The SMILES string of the molecule is CCCOCN(C(C)C)S(=O)(=O)OC(=O)CO. The fourth-order valence-corrected chi connectivity index (χ4v) is 2.07. The van der Waals surface area contributed by atoms with E-state index in [1.165, 1.54) is 0 Å². The molecule has 0 fully saturated rings. The number of carbonyl (C=O) groups is 1. The summed E-state index contributed by atoms with van der Waals surface area (Å²) in [4.78, 5) is 10.8. The third-order valence-corrected chi connectivity index (χ3v) is 3.26. The van der Waals surface area contributed by atoms with Crippen LogP contribution >= 0.6 is 0 Å². The molecular weight excluding hydrogens is 250 g/mol. The standard InChI is InChI=1S/C9H19NO6S/c1-4-5-15-7-10(8(2)3)17(13,14)16-9(12)6-11/h8,11H,4-7H2,1-3H3. The van der Waals surface area contributed by atoms with Gasteiger partial charge in [-0.1, -0.05) is 6.92 Å². The maximum atomic E-state index is 11.6. The van der Waals surface area contributed by atoms with Gasteiger partial charge in [0.25, 0.3) is 0 Å². The molecule has 0 aliphatic heterocycles. The van der Waals surface area contributed by atoms with Gasteiger partial charge in [-0.25, -0.2) is 4.79 Å². The van der Waals surface area contributed by atoms with Crippen LogP contribution in [0.3, 0.4) is 0 Å². The summed E-state index contributed by atoms with van der Waals surface area (Å²) >= 11 is 0. The van der Waals surface area contributed by atoms with Gasteiger partial charge in [-0.3, -0.25) is 0 Å². The largest absolute Gasteiger partial charge is 0.389 e. The first-order chi connectivity index (χ1) is 7.85. The zero-order valence-corrected chi connectivity index (χ0v) is 11.1. The molecule has 0 radical (unpaired) electrons. The van der Waals surface area contributed by atoms with Crippen molar-refractivity contribution in [3.63, 3.8) is 0 Å². The maximum absolute atomic E-state index is 11.6. The number of aliphatic hydroxyl groups is 1. The Balaban J connectivity index is 4.62. The van der Waals surface area contributed by atoms with Crippen molar-refractivity contribution in [1.29, 1.82) is 0 Å². The van der Waals surface area contributed by atoms with Crippen LogP contribution in [0.15, 0.2) is 0 Å². The van der Waals surface area contributed by atoms with E-state index in [-0.39, 0.29) is 6.73 Å². The second kappa shape index (κ2) is 7.59. The third-order valence-electron chi connectivity index (χ3n) is 1.76. The van der Waals surface area contributed by atoms with E-state index in [2.05, 4.69) is 4.18 Å². The van der Waals surface area contributed by atoms with Gasteiger partial charge in [-0.15, -0.1) is 4.31 Å². The predicted octanol–water partition coefficient (Wildman–Crippen LogP) is -0.139. The van der Waals surface area contributed by atoms with Gasteiger partial charge in [-0.2, -0.15) is 8.42 Å². The van der Waals surface area contributed by atoms with E-state index >= 15 is 0 Å². The van der Waals surface area contributed by atoms with Gasteiger partial charge in [-0.05, 0) is 20.3 Å². The van der Waals surface area contributed by atoms with Gasteiger partial charge in [0.1, 0.15) is 13.3 Å². The Hall–Kier alpha value is -0.700. The van der Waals surface area contributed by atoms with Crippen LogP contribution in [0.1, 0.15) is 27.2 Å². The number of rotatable bonds is 8. The Morgan fingerprint density at radius 1 is 1.41 bits per heavy atom. The quantitative estimate of drug-likeness (QED) is 0.487. The molecular formula is C9H19NO6S. The first-order valence-electron chi connectivity index (χ1n) is 5.27. The summed E-state index contributed by atoms with van der Waals surface area (Å²) in [5, 5.41) is 8.44. The van der Waals surface area contributed by atoms with Crippen molar-refractivity contribution in [3.05, 3.63) is 0 Å². The molecule has 102 valence electrons. The highest BCUT2D eigenvalue weighted by molar-refractivity contribution is 7.84. The molecule has 0 aromatic heterocycles. The van der Waals surface area contributed by atoms with Gasteiger partial charge in [0.2, 0.25) is 0 Å². The van der Waals surface area contributed by atoms with E-state index in [1.807, 2.05) is 6.92 Å². The Labute approximate surface area is 102 Å². The minimum absolute atomic E-state index is 0.188. The Morgan fingerprint density at radius 2 is 2.00 bits per heavy atom. The van der Waals surface area contributed by atoms with Crippen LogP contribution < -0.4 is 0 Å². The molecule has 0 amide bonds. The molecule has 0 atom stereocenters. The summed E-state index contributed by atoms with van der Waals surface area (Å²) in [6, 6.07) is -0.414. The minimum Gasteiger partial charge on any atom is -0.385 e. The molecule has 0 unspecified atom stereocenters. The molecule has 0 aromatic carbocycles. The third kappa shape index (κ3) is 5.97. The van der Waals surface area contributed by atoms with Gasteiger partial charge >= 0.3 is 16.3 Å². The van der Waals surface area contributed by atoms with Crippen molar-refractivity contribution in [2.24, 2.45) is 0 Å². The first kappa shape index (κ1) is 16.3. The average Bonchev–Trinajstić information content (AvgIpc) is 2.22. The molecule has 8 heteroatoms. The van der Waals surface area contributed by atoms with Crippen LogP contribution in [0.4, 0.5) is 0 Å². The highest BCUT2D eigenvalue weighted by atomic mass is 32.2. The number of nitrogens with zero attached hydrogens (tertiary/aromatic N) is 1. The summed E-state index contributed by atoms with van der Waals surface area (Å²) in [6.07, 6.45) is 0.752. The van der Waals surface area contributed by atoms with E-state index in [0.717, 1.165) is 10.7 Å². The molecule has 0 saturated heterocycles. The summed E-state index contributed by atoms with van der Waals surface area (Å²) in [6.45, 7) is 4.37. The Morgan fingerprint density at radius 3 is 2.41 bits per heavy atom. The average molecular weight is 269 g/mol. The lowest BCUT2D eigenvalue weighted by Gasteiger charge is -2.23. The summed E-state index contributed by atoms with van der Waals surface area (Å²) in [7, 11) is -4.21. The van der Waals surface area contributed by atoms with Crippen molar-refractivity contribution >= 4 is 16.3 Å². The summed E-state index contributed by atoms with van der Waals surface area (Å²) in [5.74, 6) is -1.22. The summed E-state index contributed by atoms with van der Waals surface area (Å²) in [5.41, 5.74) is 0. The molecule has 0 rings (SSSR count). The molecule has 0 heterocycles. The van der Waals surface area contributed by atoms with Crippen molar-refractivity contribution in [2.75, 3.05) is 19.9 Å². The highest BCUT2D eigenvalue weighted by Gasteiger charge is 2.28. The Kier molecular flexibility index (Phi) is 7.28. The van der Waals surface area contributed by atoms with E-state index in [4.69, 9.17) is 9.84 Å². The monoisotopic (exact) mass is 269 g/mol. The van der Waals surface area contributed by atoms with Crippen LogP contribution in [-0.4, -0.2) is 49.8 Å². The van der Waals surface area contributed by atoms with Crippen LogP contribution in [0, 0.1) is 0 Å². The number of ether oxygens (including phenoxy) is 1. The first-order valence-corrected chi connectivity index (χ1v) is 6.64. The number of hydrogen-bond donors (Lipinski definition) is 1. The molecule has 17 heavy (non-hydrogen) atoms. The van der Waals surface area contributed by atoms with E-state index in [1.54, 1.807) is 13.8 Å². The fourth-order valence-electron chi connectivity index (χ4n) is 0.962. The normalized spacial score (nSPS) is 12.1. The van der Waals surface area contributed by atoms with Gasteiger partial charge in [0.05, 0.1) is 0 Å². The second-order valence-corrected chi connectivity index (χ2v) is 5.08. The fraction of sp³-hybridized carbons (Fsp3) is 0.889. The van der Waals surface area contributed by atoms with Crippen LogP contribution in [0.5, 0.6) is 0 Å². The topological polar surface area (TPSA) is 93.1 Å². The predicted molar refractivity (Wildman–Crippen MR) is 60.2 cm³/mol. The molecule has 7 nitrogen and oxygen atoms in total. The van der Waals surface area contributed by atoms with Crippen LogP contribution in [-0.2, 0) is 24.0 Å². The molecule has 1 N–H and O–H groups in total. The van der Waals surface area contributed by atoms with Gasteiger partial charge in [0.15, 0.2) is 0 Å². The smallest absolute Gasteiger partial charge is 0.385 e. The second-order valence-electron chi connectivity index (χ2n) is 3.59. The van der Waals surface area contributed by atoms with Crippen molar-refractivity contribution in [2.45, 2.75) is 33.2 Å². The lowest BCUT2D eigenvalue weighted by molar-refractivity contribution is -0.137. The van der Waals surface area contributed by atoms with E-state index < -0.39 is 28.9 Å². The molecule has 0 aromatic rings. The van der Waals surface area contributed by atoms with Crippen molar-refractivity contribution < 1.29 is 27.2 Å². The lowest BCUT2D eigenvalue weighted by Crippen LogP contribution is -2.41. The maximum Gasteiger partial charge on any atom is 0.389 e. The molecule has 0 aliphatic rings. The van der Waals surface area contributed by atoms with Gasteiger partial charge in [0, 0.05) is 12.6 Å². The van der Waals surface area contributed by atoms with Crippen LogP contribution in [0.25, 0.3) is 0 Å². The van der Waals surface area contributed by atoms with Crippen LogP contribution in [0.2, 0.25) is 0 Å². The van der Waals surface area contributed by atoms with Gasteiger partial charge < -0.3 is 14.0 Å². The number of aliphatic hydroxyl groups excluding tert-OH is 1. The molecule has 0 saturated carbocycles. The zero-order valence-electron chi connectivity index (χ0n) is 10.2. The van der Waals surface area contributed by atoms with E-state index in [0.29, 0.717) is 6.61 Å². The minimum atomic E-state index is -4.21. The highest BCUT2D eigenvalue weighted by Crippen LogP contribution is 2.09. The van der Waals surface area contributed by atoms with Crippen molar-refractivity contribution in [3.8, 4) is 0 Å². The van der Waals surface area contributed by atoms with Crippen molar-refractivity contribution in [1.82, 2.24) is 4.31 Å². The number of carbonyl (C=O) groups excluding carboxylic acids is 1. The summed E-state index contributed by atoms with van der Waals surface area (Å²) < 4.78 is 33.4. The molecule has 0 spiro atoms. The van der Waals surface area contributed by atoms with E-state index in [9.17, 15) is 13.2 Å².